The van der Waals surface area contributed by atoms with Crippen molar-refractivity contribution in [3.05, 3.63) is 29.3 Å². The van der Waals surface area contributed by atoms with Gasteiger partial charge < -0.3 is 5.32 Å². The summed E-state index contributed by atoms with van der Waals surface area (Å²) in [6, 6.07) is 8.15. The first kappa shape index (κ1) is 19.9. The molecule has 0 fully saturated rings. The highest BCUT2D eigenvalue weighted by atomic mass is 32.2. The van der Waals surface area contributed by atoms with Crippen molar-refractivity contribution in [3.63, 3.8) is 0 Å². The first-order valence-electron chi connectivity index (χ1n) is 8.44. The topological polar surface area (TPSA) is 96.5 Å². The Balaban J connectivity index is 2.17. The average Bonchev–Trinajstić information content (AvgIpc) is 3.05. The molecule has 0 aliphatic rings. The number of hydrogen-bond donors (Lipinski definition) is 1. The predicted octanol–water partition coefficient (Wildman–Crippen LogP) is 2.81. The number of carbonyl (C=O) groups excluding carboxylic acids is 1. The van der Waals surface area contributed by atoms with Gasteiger partial charge in [0.1, 0.15) is 5.54 Å². The van der Waals surface area contributed by atoms with Crippen LogP contribution in [0.5, 0.6) is 0 Å². The number of thioether (sulfide) groups is 1. The van der Waals surface area contributed by atoms with E-state index in [4.69, 9.17) is 0 Å². The molecule has 1 aromatic heterocycles. The van der Waals surface area contributed by atoms with E-state index in [-0.39, 0.29) is 11.8 Å². The molecule has 2 aromatic rings. The summed E-state index contributed by atoms with van der Waals surface area (Å²) >= 11 is 1.26. The fraction of sp³-hybridized carbons (Fsp3) is 0.500. The Morgan fingerprint density at radius 2 is 2.00 bits per heavy atom. The van der Waals surface area contributed by atoms with Gasteiger partial charge in [-0.25, -0.2) is 0 Å². The number of benzene rings is 1. The first-order valence-corrected chi connectivity index (χ1v) is 9.32. The Labute approximate surface area is 158 Å². The monoisotopic (exact) mass is 372 g/mol. The second kappa shape index (κ2) is 7.87. The van der Waals surface area contributed by atoms with Gasteiger partial charge in [-0.05, 0) is 67.3 Å². The minimum Gasteiger partial charge on any atom is -0.337 e. The van der Waals surface area contributed by atoms with E-state index in [0.29, 0.717) is 5.16 Å². The van der Waals surface area contributed by atoms with E-state index in [0.717, 1.165) is 11.3 Å². The summed E-state index contributed by atoms with van der Waals surface area (Å²) in [5.74, 6) is -0.225. The molecule has 1 heterocycles. The highest BCUT2D eigenvalue weighted by Gasteiger charge is 2.32. The van der Waals surface area contributed by atoms with Crippen molar-refractivity contribution in [2.45, 2.75) is 57.5 Å². The zero-order chi connectivity index (χ0) is 19.5. The molecule has 26 heavy (non-hydrogen) atoms. The molecule has 0 aliphatic carbocycles. The summed E-state index contributed by atoms with van der Waals surface area (Å²) in [5, 5.41) is 24.1. The maximum absolute atomic E-state index is 12.5. The number of nitrogens with zero attached hydrogens (tertiary/aromatic N) is 5. The van der Waals surface area contributed by atoms with E-state index in [1.54, 1.807) is 18.5 Å². The lowest BCUT2D eigenvalue weighted by Gasteiger charge is -2.28. The second-order valence-electron chi connectivity index (χ2n) is 6.86. The van der Waals surface area contributed by atoms with Crippen molar-refractivity contribution >= 4 is 17.7 Å². The van der Waals surface area contributed by atoms with E-state index >= 15 is 0 Å². The standard InChI is InChI=1S/C18H24N6OS/c1-11(2)18(6,10-19)20-16(25)14(5)26-17-21-22-23-24(17)15-8-7-12(3)13(4)9-15/h7-9,11,14H,1-6H3,(H,20,25)/t14-,18+/m0/s1. The minimum atomic E-state index is -0.911. The van der Waals surface area contributed by atoms with Gasteiger partial charge in [0.2, 0.25) is 11.1 Å². The first-order chi connectivity index (χ1) is 12.2. The maximum atomic E-state index is 12.5. The summed E-state index contributed by atoms with van der Waals surface area (Å²) < 4.78 is 1.62. The summed E-state index contributed by atoms with van der Waals surface area (Å²) in [4.78, 5) is 12.5. The number of nitriles is 1. The van der Waals surface area contributed by atoms with Crippen LogP contribution in [0.4, 0.5) is 0 Å². The van der Waals surface area contributed by atoms with E-state index in [1.165, 1.54) is 17.3 Å². The van der Waals surface area contributed by atoms with Crippen LogP contribution < -0.4 is 5.32 Å². The molecular formula is C18H24N6OS. The van der Waals surface area contributed by atoms with Gasteiger partial charge in [-0.15, -0.1) is 5.10 Å². The quantitative estimate of drug-likeness (QED) is 0.783. The van der Waals surface area contributed by atoms with E-state index in [9.17, 15) is 10.1 Å². The van der Waals surface area contributed by atoms with Crippen LogP contribution in [0, 0.1) is 31.1 Å². The van der Waals surface area contributed by atoms with E-state index in [1.807, 2.05) is 45.9 Å². The summed E-state index contributed by atoms with van der Waals surface area (Å²) in [6.45, 7) is 11.4. The van der Waals surface area contributed by atoms with Gasteiger partial charge >= 0.3 is 0 Å². The molecule has 138 valence electrons. The number of rotatable bonds is 6. The van der Waals surface area contributed by atoms with Gasteiger partial charge in [0.15, 0.2) is 0 Å². The van der Waals surface area contributed by atoms with Crippen LogP contribution >= 0.6 is 11.8 Å². The van der Waals surface area contributed by atoms with Crippen LogP contribution in [0.2, 0.25) is 0 Å². The normalized spacial score (nSPS) is 14.5. The van der Waals surface area contributed by atoms with Crippen molar-refractivity contribution in [2.24, 2.45) is 5.92 Å². The van der Waals surface area contributed by atoms with Crippen molar-refractivity contribution in [1.82, 2.24) is 25.5 Å². The lowest BCUT2D eigenvalue weighted by molar-refractivity contribution is -0.121. The van der Waals surface area contributed by atoms with Gasteiger partial charge in [-0.2, -0.15) is 9.94 Å². The Hall–Kier alpha value is -2.40. The summed E-state index contributed by atoms with van der Waals surface area (Å²) in [5.41, 5.74) is 2.26. The number of hydrogen-bond acceptors (Lipinski definition) is 6. The number of tetrazole rings is 1. The molecule has 0 saturated carbocycles. The van der Waals surface area contributed by atoms with Gasteiger partial charge in [-0.1, -0.05) is 31.7 Å². The number of nitrogens with one attached hydrogen (secondary N) is 1. The molecule has 0 saturated heterocycles. The Kier molecular flexibility index (Phi) is 6.03. The third kappa shape index (κ3) is 4.22. The Morgan fingerprint density at radius 3 is 2.58 bits per heavy atom. The van der Waals surface area contributed by atoms with Crippen molar-refractivity contribution < 1.29 is 4.79 Å². The van der Waals surface area contributed by atoms with Gasteiger partial charge in [0.25, 0.3) is 0 Å². The molecule has 2 rings (SSSR count). The average molecular weight is 372 g/mol. The fourth-order valence-corrected chi connectivity index (χ4v) is 2.95. The predicted molar refractivity (Wildman–Crippen MR) is 101 cm³/mol. The lowest BCUT2D eigenvalue weighted by Crippen LogP contribution is -2.51. The lowest BCUT2D eigenvalue weighted by atomic mass is 9.90. The molecule has 0 bridgehead atoms. The smallest absolute Gasteiger partial charge is 0.234 e. The summed E-state index contributed by atoms with van der Waals surface area (Å²) in [7, 11) is 0. The largest absolute Gasteiger partial charge is 0.337 e. The zero-order valence-electron chi connectivity index (χ0n) is 15.9. The highest BCUT2D eigenvalue weighted by molar-refractivity contribution is 8.00. The molecular weight excluding hydrogens is 348 g/mol. The molecule has 2 atom stereocenters. The van der Waals surface area contributed by atoms with Gasteiger partial charge in [0, 0.05) is 0 Å². The van der Waals surface area contributed by atoms with Gasteiger partial charge in [-0.3, -0.25) is 4.79 Å². The molecule has 0 spiro atoms. The molecule has 0 unspecified atom stereocenters. The van der Waals surface area contributed by atoms with Crippen LogP contribution in [-0.4, -0.2) is 36.9 Å². The zero-order valence-corrected chi connectivity index (χ0v) is 16.8. The van der Waals surface area contributed by atoms with Gasteiger partial charge in [0.05, 0.1) is 17.0 Å². The number of aromatic nitrogens is 4. The molecule has 1 amide bonds. The van der Waals surface area contributed by atoms with Crippen LogP contribution in [-0.2, 0) is 4.79 Å². The summed E-state index contributed by atoms with van der Waals surface area (Å²) in [6.07, 6.45) is 0. The van der Waals surface area contributed by atoms with Crippen LogP contribution in [0.15, 0.2) is 23.4 Å². The van der Waals surface area contributed by atoms with Crippen LogP contribution in [0.3, 0.4) is 0 Å². The highest BCUT2D eigenvalue weighted by Crippen LogP contribution is 2.25. The number of carbonyl (C=O) groups is 1. The molecule has 8 heteroatoms. The van der Waals surface area contributed by atoms with E-state index < -0.39 is 10.8 Å². The number of amides is 1. The molecule has 7 nitrogen and oxygen atoms in total. The molecule has 0 radical (unpaired) electrons. The second-order valence-corrected chi connectivity index (χ2v) is 8.17. The maximum Gasteiger partial charge on any atom is 0.234 e. The third-order valence-electron chi connectivity index (χ3n) is 4.60. The van der Waals surface area contributed by atoms with Crippen molar-refractivity contribution in [3.8, 4) is 11.8 Å². The third-order valence-corrected chi connectivity index (χ3v) is 5.63. The number of aryl methyl sites for hydroxylation is 2. The molecule has 1 N–H and O–H groups in total. The molecule has 1 aromatic carbocycles. The Morgan fingerprint density at radius 1 is 1.31 bits per heavy atom. The van der Waals surface area contributed by atoms with E-state index in [2.05, 4.69) is 26.9 Å². The molecule has 0 aliphatic heterocycles. The SMILES string of the molecule is Cc1ccc(-n2nnnc2S[C@@H](C)C(=O)N[C@](C)(C#N)C(C)C)cc1C. The van der Waals surface area contributed by atoms with Crippen LogP contribution in [0.25, 0.3) is 5.69 Å². The Bertz CT molecular complexity index is 840. The van der Waals surface area contributed by atoms with Crippen molar-refractivity contribution in [1.29, 1.82) is 5.26 Å². The van der Waals surface area contributed by atoms with Crippen LogP contribution in [0.1, 0.15) is 38.8 Å². The fourth-order valence-electron chi connectivity index (χ4n) is 2.14. The minimum absolute atomic E-state index is 0.00509. The van der Waals surface area contributed by atoms with Crippen molar-refractivity contribution in [2.75, 3.05) is 0 Å².